The van der Waals surface area contributed by atoms with Crippen molar-refractivity contribution in [2.45, 2.75) is 58.0 Å². The van der Waals surface area contributed by atoms with E-state index in [1.807, 2.05) is 18.7 Å². The highest BCUT2D eigenvalue weighted by atomic mass is 16.7. The number of hydrogen-bond donors (Lipinski definition) is 2. The van der Waals surface area contributed by atoms with Crippen LogP contribution in [0.15, 0.2) is 18.2 Å². The van der Waals surface area contributed by atoms with E-state index in [4.69, 9.17) is 9.47 Å². The Morgan fingerprint density at radius 2 is 1.77 bits per heavy atom. The summed E-state index contributed by atoms with van der Waals surface area (Å²) in [5.74, 6) is 1.06. The van der Waals surface area contributed by atoms with Crippen LogP contribution in [0.4, 0.5) is 0 Å². The molecule has 168 valence electrons. The summed E-state index contributed by atoms with van der Waals surface area (Å²) in [7, 11) is 0. The van der Waals surface area contributed by atoms with Crippen molar-refractivity contribution in [2.75, 3.05) is 19.9 Å². The standard InChI is InChI=1S/C23H31N3O5/c1-3-14(2)24-22(28)20(15-8-10-26(11-9-15)23(29)16-4-5-16)25-21(27)17-6-7-18-19(12-17)31-13-30-18/h6-7,12,14-16,20H,3-5,8-11,13H2,1-2H3,(H,24,28)(H,25,27)/t14-,20+/m0/s1. The van der Waals surface area contributed by atoms with Gasteiger partial charge < -0.3 is 25.0 Å². The molecule has 2 aliphatic heterocycles. The molecule has 1 aromatic carbocycles. The van der Waals surface area contributed by atoms with E-state index >= 15 is 0 Å². The Balaban J connectivity index is 1.44. The number of amides is 3. The predicted octanol–water partition coefficient (Wildman–Crippen LogP) is 2.08. The van der Waals surface area contributed by atoms with E-state index in [0.29, 0.717) is 43.0 Å². The summed E-state index contributed by atoms with van der Waals surface area (Å²) in [6.45, 7) is 5.36. The van der Waals surface area contributed by atoms with E-state index in [2.05, 4.69) is 10.6 Å². The summed E-state index contributed by atoms with van der Waals surface area (Å²) in [6, 6.07) is 4.38. The largest absolute Gasteiger partial charge is 0.454 e. The molecule has 8 heteroatoms. The molecule has 0 aromatic heterocycles. The molecule has 1 saturated heterocycles. The molecule has 0 bridgehead atoms. The van der Waals surface area contributed by atoms with Gasteiger partial charge in [0.2, 0.25) is 18.6 Å². The van der Waals surface area contributed by atoms with Crippen molar-refractivity contribution in [3.8, 4) is 11.5 Å². The lowest BCUT2D eigenvalue weighted by molar-refractivity contribution is -0.134. The lowest BCUT2D eigenvalue weighted by Crippen LogP contribution is -2.55. The molecule has 8 nitrogen and oxygen atoms in total. The van der Waals surface area contributed by atoms with Crippen molar-refractivity contribution in [1.29, 1.82) is 0 Å². The van der Waals surface area contributed by atoms with Crippen LogP contribution in [0.5, 0.6) is 11.5 Å². The molecular weight excluding hydrogens is 398 g/mol. The van der Waals surface area contributed by atoms with Crippen molar-refractivity contribution >= 4 is 17.7 Å². The molecule has 3 amide bonds. The van der Waals surface area contributed by atoms with E-state index < -0.39 is 6.04 Å². The molecule has 3 aliphatic rings. The number of piperidine rings is 1. The van der Waals surface area contributed by atoms with Gasteiger partial charge in [-0.15, -0.1) is 0 Å². The van der Waals surface area contributed by atoms with Crippen molar-refractivity contribution in [3.63, 3.8) is 0 Å². The van der Waals surface area contributed by atoms with Gasteiger partial charge in [0, 0.05) is 30.6 Å². The number of rotatable bonds is 7. The first kappa shape index (κ1) is 21.5. The quantitative estimate of drug-likeness (QED) is 0.692. The molecule has 2 fully saturated rings. The van der Waals surface area contributed by atoms with E-state index in [-0.39, 0.29) is 42.4 Å². The van der Waals surface area contributed by atoms with Gasteiger partial charge in [-0.05, 0) is 63.1 Å². The summed E-state index contributed by atoms with van der Waals surface area (Å²) in [6.07, 6.45) is 4.18. The summed E-state index contributed by atoms with van der Waals surface area (Å²) >= 11 is 0. The van der Waals surface area contributed by atoms with Gasteiger partial charge in [0.1, 0.15) is 6.04 Å². The summed E-state index contributed by atoms with van der Waals surface area (Å²) < 4.78 is 10.7. The van der Waals surface area contributed by atoms with Crippen LogP contribution in [0.3, 0.4) is 0 Å². The number of carbonyl (C=O) groups excluding carboxylic acids is 3. The van der Waals surface area contributed by atoms with Crippen LogP contribution in [-0.4, -0.2) is 54.6 Å². The van der Waals surface area contributed by atoms with Crippen LogP contribution in [0.2, 0.25) is 0 Å². The zero-order chi connectivity index (χ0) is 22.0. The molecule has 0 unspecified atom stereocenters. The van der Waals surface area contributed by atoms with Crippen LogP contribution < -0.4 is 20.1 Å². The average Bonchev–Trinajstić information content (AvgIpc) is 3.53. The van der Waals surface area contributed by atoms with Crippen molar-refractivity contribution in [3.05, 3.63) is 23.8 Å². The van der Waals surface area contributed by atoms with Gasteiger partial charge in [0.15, 0.2) is 11.5 Å². The van der Waals surface area contributed by atoms with Crippen molar-refractivity contribution in [1.82, 2.24) is 15.5 Å². The Morgan fingerprint density at radius 1 is 1.06 bits per heavy atom. The minimum atomic E-state index is -0.648. The fraction of sp³-hybridized carbons (Fsp3) is 0.609. The molecule has 2 atom stereocenters. The molecular formula is C23H31N3O5. The SMILES string of the molecule is CC[C@H](C)NC(=O)[C@H](NC(=O)c1ccc2c(c1)OCO2)C1CCN(C(=O)C2CC2)CC1. The average molecular weight is 430 g/mol. The van der Waals surface area contributed by atoms with Crippen molar-refractivity contribution < 1.29 is 23.9 Å². The van der Waals surface area contributed by atoms with Gasteiger partial charge in [-0.1, -0.05) is 6.92 Å². The van der Waals surface area contributed by atoms with Gasteiger partial charge in [0.25, 0.3) is 5.91 Å². The fourth-order valence-corrected chi connectivity index (χ4v) is 4.14. The number of likely N-dealkylation sites (tertiary alicyclic amines) is 1. The van der Waals surface area contributed by atoms with Gasteiger partial charge >= 0.3 is 0 Å². The molecule has 31 heavy (non-hydrogen) atoms. The molecule has 2 N–H and O–H groups in total. The highest BCUT2D eigenvalue weighted by Crippen LogP contribution is 2.34. The highest BCUT2D eigenvalue weighted by Gasteiger charge is 2.38. The predicted molar refractivity (Wildman–Crippen MR) is 114 cm³/mol. The summed E-state index contributed by atoms with van der Waals surface area (Å²) in [4.78, 5) is 40.3. The molecule has 0 spiro atoms. The molecule has 4 rings (SSSR count). The Labute approximate surface area is 182 Å². The Morgan fingerprint density at radius 3 is 2.45 bits per heavy atom. The minimum absolute atomic E-state index is 0.0222. The monoisotopic (exact) mass is 429 g/mol. The molecule has 2 heterocycles. The molecule has 0 radical (unpaired) electrons. The zero-order valence-corrected chi connectivity index (χ0v) is 18.2. The normalized spacial score (nSPS) is 20.1. The number of ether oxygens (including phenoxy) is 2. The lowest BCUT2D eigenvalue weighted by Gasteiger charge is -2.36. The third kappa shape index (κ3) is 4.94. The second kappa shape index (κ2) is 9.16. The van der Waals surface area contributed by atoms with Gasteiger partial charge in [-0.25, -0.2) is 0 Å². The number of carbonyl (C=O) groups is 3. The third-order valence-electron chi connectivity index (χ3n) is 6.45. The Kier molecular flexibility index (Phi) is 6.34. The van der Waals surface area contributed by atoms with Crippen LogP contribution >= 0.6 is 0 Å². The van der Waals surface area contributed by atoms with Crippen molar-refractivity contribution in [2.24, 2.45) is 11.8 Å². The maximum atomic E-state index is 13.0. The molecule has 1 aromatic rings. The maximum absolute atomic E-state index is 13.0. The number of nitrogens with one attached hydrogen (secondary N) is 2. The first-order valence-electron chi connectivity index (χ1n) is 11.3. The first-order chi connectivity index (χ1) is 15.0. The minimum Gasteiger partial charge on any atom is -0.454 e. The fourth-order valence-electron chi connectivity index (χ4n) is 4.14. The van der Waals surface area contributed by atoms with E-state index in [9.17, 15) is 14.4 Å². The first-order valence-corrected chi connectivity index (χ1v) is 11.3. The van der Waals surface area contributed by atoms with E-state index in [1.54, 1.807) is 18.2 Å². The summed E-state index contributed by atoms with van der Waals surface area (Å²) in [5, 5.41) is 5.96. The molecule has 1 saturated carbocycles. The van der Waals surface area contributed by atoms with Gasteiger partial charge in [-0.3, -0.25) is 14.4 Å². The smallest absolute Gasteiger partial charge is 0.252 e. The van der Waals surface area contributed by atoms with Gasteiger partial charge in [0.05, 0.1) is 0 Å². The second-order valence-corrected chi connectivity index (χ2v) is 8.77. The highest BCUT2D eigenvalue weighted by molar-refractivity contribution is 5.98. The second-order valence-electron chi connectivity index (χ2n) is 8.77. The molecule has 1 aliphatic carbocycles. The zero-order valence-electron chi connectivity index (χ0n) is 18.2. The van der Waals surface area contributed by atoms with Gasteiger partial charge in [-0.2, -0.15) is 0 Å². The Hall–Kier alpha value is -2.77. The third-order valence-corrected chi connectivity index (χ3v) is 6.45. The topological polar surface area (TPSA) is 97.0 Å². The van der Waals surface area contributed by atoms with Crippen LogP contribution in [0.1, 0.15) is 56.3 Å². The lowest BCUT2D eigenvalue weighted by atomic mass is 9.88. The number of hydrogen-bond acceptors (Lipinski definition) is 5. The van der Waals surface area contributed by atoms with Crippen LogP contribution in [0, 0.1) is 11.8 Å². The summed E-state index contributed by atoms with van der Waals surface area (Å²) in [5.41, 5.74) is 0.423. The number of nitrogens with zero attached hydrogens (tertiary/aromatic N) is 1. The maximum Gasteiger partial charge on any atom is 0.252 e. The van der Waals surface area contributed by atoms with Crippen LogP contribution in [0.25, 0.3) is 0 Å². The van der Waals surface area contributed by atoms with E-state index in [0.717, 1.165) is 19.3 Å². The number of benzene rings is 1. The van der Waals surface area contributed by atoms with E-state index in [1.165, 1.54) is 0 Å². The number of fused-ring (bicyclic) bond motifs is 1. The Bertz CT molecular complexity index is 846. The van der Waals surface area contributed by atoms with Crippen LogP contribution in [-0.2, 0) is 9.59 Å².